The van der Waals surface area contributed by atoms with Gasteiger partial charge in [-0.1, -0.05) is 35.7 Å². The van der Waals surface area contributed by atoms with Gasteiger partial charge in [0.15, 0.2) is 5.82 Å². The summed E-state index contributed by atoms with van der Waals surface area (Å²) in [5, 5.41) is 4.06. The molecule has 0 aliphatic heterocycles. The second-order valence-corrected chi connectivity index (χ2v) is 5.15. The summed E-state index contributed by atoms with van der Waals surface area (Å²) in [6.07, 6.45) is 4.18. The van der Waals surface area contributed by atoms with Crippen molar-refractivity contribution in [1.29, 1.82) is 0 Å². The monoisotopic (exact) mass is 279 g/mol. The van der Waals surface area contributed by atoms with E-state index in [0.29, 0.717) is 11.7 Å². The van der Waals surface area contributed by atoms with Gasteiger partial charge in [0.25, 0.3) is 5.89 Å². The van der Waals surface area contributed by atoms with E-state index in [0.717, 1.165) is 31.2 Å². The molecule has 0 spiro atoms. The number of benzene rings is 1. The highest BCUT2D eigenvalue weighted by molar-refractivity contribution is 5.85. The zero-order valence-corrected chi connectivity index (χ0v) is 11.7. The maximum atomic E-state index is 6.31. The van der Waals surface area contributed by atoms with Crippen molar-refractivity contribution < 1.29 is 4.52 Å². The lowest BCUT2D eigenvalue weighted by molar-refractivity contribution is 0.372. The van der Waals surface area contributed by atoms with E-state index in [1.54, 1.807) is 0 Å². The van der Waals surface area contributed by atoms with E-state index in [2.05, 4.69) is 17.1 Å². The number of nitrogens with two attached hydrogens (primary N) is 1. The van der Waals surface area contributed by atoms with Crippen molar-refractivity contribution in [3.8, 4) is 11.5 Å². The molecule has 1 heterocycles. The number of nitrogens with zero attached hydrogens (tertiary/aromatic N) is 2. The van der Waals surface area contributed by atoms with Gasteiger partial charge in [0.05, 0.1) is 5.54 Å². The molecule has 1 aromatic carbocycles. The van der Waals surface area contributed by atoms with Gasteiger partial charge in [-0.15, -0.1) is 12.4 Å². The molecular formula is C14H18ClN3O. The Labute approximate surface area is 118 Å². The van der Waals surface area contributed by atoms with Crippen molar-refractivity contribution in [2.45, 2.75) is 38.1 Å². The quantitative estimate of drug-likeness (QED) is 0.917. The maximum absolute atomic E-state index is 6.31. The Bertz CT molecular complexity index is 544. The average Bonchev–Trinajstić information content (AvgIpc) is 2.99. The number of aryl methyl sites for hydroxylation is 1. The minimum absolute atomic E-state index is 0. The maximum Gasteiger partial charge on any atom is 0.257 e. The van der Waals surface area contributed by atoms with Crippen molar-refractivity contribution in [2.75, 3.05) is 0 Å². The second kappa shape index (κ2) is 5.31. The molecule has 0 radical (unpaired) electrons. The van der Waals surface area contributed by atoms with Gasteiger partial charge >= 0.3 is 0 Å². The normalized spacial score (nSPS) is 17.2. The molecule has 0 bridgehead atoms. The lowest BCUT2D eigenvalue weighted by atomic mass is 9.99. The predicted molar refractivity (Wildman–Crippen MR) is 76.1 cm³/mol. The van der Waals surface area contributed by atoms with Crippen LogP contribution in [-0.4, -0.2) is 10.1 Å². The van der Waals surface area contributed by atoms with Gasteiger partial charge in [-0.25, -0.2) is 0 Å². The predicted octanol–water partition coefficient (Wildman–Crippen LogP) is 3.19. The molecule has 0 amide bonds. The average molecular weight is 280 g/mol. The summed E-state index contributed by atoms with van der Waals surface area (Å²) in [5.74, 6) is 1.21. The van der Waals surface area contributed by atoms with E-state index in [-0.39, 0.29) is 17.9 Å². The Morgan fingerprint density at radius 1 is 1.16 bits per heavy atom. The fourth-order valence-corrected chi connectivity index (χ4v) is 2.47. The molecule has 4 nitrogen and oxygen atoms in total. The number of halogens is 1. The summed E-state index contributed by atoms with van der Waals surface area (Å²) < 4.78 is 5.33. The molecule has 0 unspecified atom stereocenters. The molecule has 1 aromatic heterocycles. The van der Waals surface area contributed by atoms with E-state index in [9.17, 15) is 0 Å². The minimum atomic E-state index is -0.382. The molecule has 2 N–H and O–H groups in total. The van der Waals surface area contributed by atoms with Crippen LogP contribution >= 0.6 is 12.4 Å². The number of hydrogen-bond acceptors (Lipinski definition) is 4. The molecule has 0 atom stereocenters. The highest BCUT2D eigenvalue weighted by Gasteiger charge is 2.36. The van der Waals surface area contributed by atoms with Crippen molar-refractivity contribution in [3.05, 3.63) is 35.7 Å². The smallest absolute Gasteiger partial charge is 0.257 e. The lowest BCUT2D eigenvalue weighted by Crippen LogP contribution is -2.34. The zero-order valence-electron chi connectivity index (χ0n) is 10.9. The van der Waals surface area contributed by atoms with Crippen LogP contribution in [0.2, 0.25) is 0 Å². The highest BCUT2D eigenvalue weighted by Crippen LogP contribution is 2.35. The summed E-state index contributed by atoms with van der Waals surface area (Å²) in [7, 11) is 0. The first-order chi connectivity index (χ1) is 8.67. The number of aromatic nitrogens is 2. The molecule has 2 aromatic rings. The number of rotatable bonds is 2. The topological polar surface area (TPSA) is 64.9 Å². The highest BCUT2D eigenvalue weighted by atomic mass is 35.5. The molecule has 1 aliphatic carbocycles. The van der Waals surface area contributed by atoms with Crippen molar-refractivity contribution in [1.82, 2.24) is 10.1 Å². The van der Waals surface area contributed by atoms with E-state index in [1.165, 1.54) is 5.56 Å². The Morgan fingerprint density at radius 2 is 1.79 bits per heavy atom. The van der Waals surface area contributed by atoms with Crippen LogP contribution in [-0.2, 0) is 5.54 Å². The van der Waals surface area contributed by atoms with E-state index >= 15 is 0 Å². The second-order valence-electron chi connectivity index (χ2n) is 5.15. The van der Waals surface area contributed by atoms with Crippen LogP contribution < -0.4 is 5.73 Å². The third-order valence-electron chi connectivity index (χ3n) is 3.67. The molecule has 3 rings (SSSR count). The van der Waals surface area contributed by atoms with Crippen molar-refractivity contribution in [3.63, 3.8) is 0 Å². The SMILES string of the molecule is Cc1ccc(-c2nc(C3(N)CCCC3)no2)cc1.Cl. The largest absolute Gasteiger partial charge is 0.334 e. The van der Waals surface area contributed by atoms with Gasteiger partial charge in [-0.3, -0.25) is 0 Å². The van der Waals surface area contributed by atoms with Gasteiger partial charge in [0.1, 0.15) is 0 Å². The molecular weight excluding hydrogens is 262 g/mol. The van der Waals surface area contributed by atoms with Crippen LogP contribution in [0.1, 0.15) is 37.1 Å². The summed E-state index contributed by atoms with van der Waals surface area (Å²) in [5.41, 5.74) is 8.09. The van der Waals surface area contributed by atoms with Crippen LogP contribution in [0.15, 0.2) is 28.8 Å². The Kier molecular flexibility index (Phi) is 3.92. The fraction of sp³-hybridized carbons (Fsp3) is 0.429. The Hall–Kier alpha value is -1.39. The number of hydrogen-bond donors (Lipinski definition) is 1. The summed E-state index contributed by atoms with van der Waals surface area (Å²) >= 11 is 0. The van der Waals surface area contributed by atoms with Gasteiger partial charge < -0.3 is 10.3 Å². The molecule has 1 aliphatic rings. The molecule has 19 heavy (non-hydrogen) atoms. The van der Waals surface area contributed by atoms with Crippen molar-refractivity contribution in [2.24, 2.45) is 5.73 Å². The first kappa shape index (κ1) is 14.0. The summed E-state index contributed by atoms with van der Waals surface area (Å²) in [6.45, 7) is 2.05. The van der Waals surface area contributed by atoms with E-state index < -0.39 is 0 Å². The first-order valence-corrected chi connectivity index (χ1v) is 6.37. The minimum Gasteiger partial charge on any atom is -0.334 e. The molecule has 5 heteroatoms. The molecule has 1 fully saturated rings. The molecule has 1 saturated carbocycles. The third kappa shape index (κ3) is 2.65. The summed E-state index contributed by atoms with van der Waals surface area (Å²) in [6, 6.07) is 8.05. The van der Waals surface area contributed by atoms with Gasteiger partial charge in [0.2, 0.25) is 0 Å². The standard InChI is InChI=1S/C14H17N3O.ClH/c1-10-4-6-11(7-5-10)12-16-13(17-18-12)14(15)8-2-3-9-14;/h4-7H,2-3,8-9,15H2,1H3;1H. The van der Waals surface area contributed by atoms with Crippen LogP contribution in [0.5, 0.6) is 0 Å². The summed E-state index contributed by atoms with van der Waals surface area (Å²) in [4.78, 5) is 4.46. The van der Waals surface area contributed by atoms with Crippen molar-refractivity contribution >= 4 is 12.4 Å². The third-order valence-corrected chi connectivity index (χ3v) is 3.67. The fourth-order valence-electron chi connectivity index (χ4n) is 2.47. The lowest BCUT2D eigenvalue weighted by Gasteiger charge is -2.17. The Morgan fingerprint density at radius 3 is 2.42 bits per heavy atom. The van der Waals surface area contributed by atoms with Gasteiger partial charge in [-0.2, -0.15) is 4.98 Å². The van der Waals surface area contributed by atoms with E-state index in [4.69, 9.17) is 10.3 Å². The van der Waals surface area contributed by atoms with Crippen LogP contribution in [0.4, 0.5) is 0 Å². The Balaban J connectivity index is 0.00000133. The van der Waals surface area contributed by atoms with E-state index in [1.807, 2.05) is 24.3 Å². The van der Waals surface area contributed by atoms with Gasteiger partial charge in [0, 0.05) is 5.56 Å². The van der Waals surface area contributed by atoms with Crippen LogP contribution in [0.3, 0.4) is 0 Å². The first-order valence-electron chi connectivity index (χ1n) is 6.37. The molecule has 0 saturated heterocycles. The molecule has 102 valence electrons. The van der Waals surface area contributed by atoms with Gasteiger partial charge in [-0.05, 0) is 31.9 Å². The van der Waals surface area contributed by atoms with Crippen LogP contribution in [0.25, 0.3) is 11.5 Å². The van der Waals surface area contributed by atoms with Crippen LogP contribution in [0, 0.1) is 6.92 Å². The zero-order chi connectivity index (χ0) is 12.6.